The van der Waals surface area contributed by atoms with Gasteiger partial charge in [0.15, 0.2) is 10.6 Å². The largest absolute Gasteiger partial charge is 0.507 e. The molecule has 0 fully saturated rings. The fraction of sp³-hybridized carbons (Fsp3) is 0.259. The Morgan fingerprint density at radius 1 is 1.08 bits per heavy atom. The van der Waals surface area contributed by atoms with Crippen LogP contribution in [0.25, 0.3) is 16.5 Å². The molecule has 1 aromatic heterocycles. The quantitative estimate of drug-likeness (QED) is 0.349. The second kappa shape index (κ2) is 9.87. The molecule has 0 saturated heterocycles. The molecule has 1 heterocycles. The van der Waals surface area contributed by atoms with Gasteiger partial charge in [-0.15, -0.1) is 0 Å². The number of phenols is 1. The molecule has 3 aromatic rings. The lowest BCUT2D eigenvalue weighted by Crippen LogP contribution is -2.60. The fourth-order valence-electron chi connectivity index (χ4n) is 4.32. The standard InChI is InChI=1S/C27H28N2O7S/c1-16(2)23(26(32)33)29-37(34,35)27(14-12-19(13-15-27)18-8-5-4-6-9-18)28-25(31)24-17(3)22-20(30)10-7-11-21(22)36-24/h4-14,16,23,29-30H,15H2,1-3H3,(H,28,31)(H,32,33). The Kier molecular flexibility index (Phi) is 6.98. The zero-order valence-corrected chi connectivity index (χ0v) is 21.4. The van der Waals surface area contributed by atoms with Gasteiger partial charge in [-0.1, -0.05) is 62.4 Å². The van der Waals surface area contributed by atoms with Crippen molar-refractivity contribution in [3.8, 4) is 5.75 Å². The van der Waals surface area contributed by atoms with Crippen molar-refractivity contribution in [1.29, 1.82) is 0 Å². The minimum Gasteiger partial charge on any atom is -0.507 e. The number of aliphatic carboxylic acids is 1. The molecule has 0 bridgehead atoms. The number of aromatic hydroxyl groups is 1. The van der Waals surface area contributed by atoms with Crippen molar-refractivity contribution in [2.45, 2.75) is 38.1 Å². The van der Waals surface area contributed by atoms with Gasteiger partial charge in [-0.2, -0.15) is 4.72 Å². The van der Waals surface area contributed by atoms with Crippen LogP contribution in [0.4, 0.5) is 0 Å². The van der Waals surface area contributed by atoms with Crippen LogP contribution in [0, 0.1) is 12.8 Å². The number of carboxylic acids is 1. The maximum Gasteiger partial charge on any atom is 0.321 e. The molecule has 37 heavy (non-hydrogen) atoms. The van der Waals surface area contributed by atoms with E-state index < -0.39 is 38.7 Å². The van der Waals surface area contributed by atoms with Crippen LogP contribution in [0.5, 0.6) is 5.75 Å². The van der Waals surface area contributed by atoms with E-state index in [4.69, 9.17) is 4.42 Å². The van der Waals surface area contributed by atoms with E-state index in [-0.39, 0.29) is 23.5 Å². The van der Waals surface area contributed by atoms with Crippen LogP contribution in [-0.4, -0.2) is 41.4 Å². The normalized spacial score (nSPS) is 18.5. The van der Waals surface area contributed by atoms with Crippen LogP contribution in [0.2, 0.25) is 0 Å². The minimum atomic E-state index is -4.48. The van der Waals surface area contributed by atoms with Gasteiger partial charge >= 0.3 is 5.97 Å². The lowest BCUT2D eigenvalue weighted by atomic mass is 9.96. The molecule has 0 radical (unpaired) electrons. The predicted octanol–water partition coefficient (Wildman–Crippen LogP) is 3.95. The zero-order valence-electron chi connectivity index (χ0n) is 20.6. The SMILES string of the molecule is Cc1c(C(=O)NC2(S(=O)(=O)NC(C(=O)O)C(C)C)C=CC(c3ccccc3)=CC2)oc2cccc(O)c12. The molecule has 1 amide bonds. The summed E-state index contributed by atoms with van der Waals surface area (Å²) in [5, 5.41) is 22.7. The molecule has 0 spiro atoms. The Hall–Kier alpha value is -3.89. The van der Waals surface area contributed by atoms with Gasteiger partial charge in [-0.25, -0.2) is 8.42 Å². The Balaban J connectivity index is 1.75. The second-order valence-corrected chi connectivity index (χ2v) is 11.3. The van der Waals surface area contributed by atoms with Gasteiger partial charge in [0.2, 0.25) is 10.0 Å². The molecule has 4 rings (SSSR count). The van der Waals surface area contributed by atoms with Crippen molar-refractivity contribution in [3.05, 3.63) is 83.6 Å². The van der Waals surface area contributed by atoms with Gasteiger partial charge in [-0.3, -0.25) is 9.59 Å². The first-order chi connectivity index (χ1) is 17.5. The molecule has 194 valence electrons. The van der Waals surface area contributed by atoms with E-state index in [0.717, 1.165) is 11.1 Å². The number of fused-ring (bicyclic) bond motifs is 1. The smallest absolute Gasteiger partial charge is 0.321 e. The van der Waals surface area contributed by atoms with Gasteiger partial charge in [-0.05, 0) is 42.2 Å². The van der Waals surface area contributed by atoms with Gasteiger partial charge < -0.3 is 19.9 Å². The van der Waals surface area contributed by atoms with Crippen molar-refractivity contribution in [2.24, 2.45) is 5.92 Å². The predicted molar refractivity (Wildman–Crippen MR) is 139 cm³/mol. The Labute approximate surface area is 214 Å². The summed E-state index contributed by atoms with van der Waals surface area (Å²) in [5.41, 5.74) is 2.23. The number of amides is 1. The molecule has 4 N–H and O–H groups in total. The van der Waals surface area contributed by atoms with E-state index >= 15 is 0 Å². The van der Waals surface area contributed by atoms with Gasteiger partial charge in [0.05, 0.1) is 5.39 Å². The molecular formula is C27H28N2O7S. The van der Waals surface area contributed by atoms with E-state index in [0.29, 0.717) is 10.9 Å². The maximum absolute atomic E-state index is 13.7. The van der Waals surface area contributed by atoms with E-state index in [1.54, 1.807) is 45.1 Å². The lowest BCUT2D eigenvalue weighted by molar-refractivity contribution is -0.140. The molecule has 10 heteroatoms. The third-order valence-corrected chi connectivity index (χ3v) is 8.35. The summed E-state index contributed by atoms with van der Waals surface area (Å²) in [6.07, 6.45) is 4.45. The van der Waals surface area contributed by atoms with Crippen LogP contribution in [0.1, 0.15) is 41.9 Å². The number of rotatable bonds is 8. The fourth-order valence-corrected chi connectivity index (χ4v) is 6.01. The summed E-state index contributed by atoms with van der Waals surface area (Å²) < 4.78 is 35.4. The zero-order chi connectivity index (χ0) is 27.0. The highest BCUT2D eigenvalue weighted by atomic mass is 32.2. The number of nitrogens with one attached hydrogen (secondary N) is 2. The molecule has 9 nitrogen and oxygen atoms in total. The summed E-state index contributed by atoms with van der Waals surface area (Å²) >= 11 is 0. The van der Waals surface area contributed by atoms with Crippen molar-refractivity contribution in [2.75, 3.05) is 0 Å². The van der Waals surface area contributed by atoms with E-state index in [2.05, 4.69) is 10.0 Å². The topological polar surface area (TPSA) is 146 Å². The number of carboxylic acid groups (broad SMARTS) is 1. The highest BCUT2D eigenvalue weighted by molar-refractivity contribution is 7.91. The first-order valence-corrected chi connectivity index (χ1v) is 13.2. The molecule has 0 aliphatic heterocycles. The molecule has 0 saturated carbocycles. The van der Waals surface area contributed by atoms with Crippen LogP contribution >= 0.6 is 0 Å². The van der Waals surface area contributed by atoms with Gasteiger partial charge in [0.1, 0.15) is 17.4 Å². The van der Waals surface area contributed by atoms with E-state index in [1.165, 1.54) is 12.1 Å². The number of allylic oxidation sites excluding steroid dienone is 2. The Morgan fingerprint density at radius 3 is 2.35 bits per heavy atom. The molecular weight excluding hydrogens is 496 g/mol. The lowest BCUT2D eigenvalue weighted by Gasteiger charge is -2.34. The summed E-state index contributed by atoms with van der Waals surface area (Å²) in [7, 11) is -4.48. The number of furan rings is 1. The number of benzene rings is 2. The van der Waals surface area contributed by atoms with E-state index in [9.17, 15) is 28.2 Å². The number of hydrogen-bond donors (Lipinski definition) is 4. The second-order valence-electron chi connectivity index (χ2n) is 9.29. The molecule has 1 aliphatic rings. The highest BCUT2D eigenvalue weighted by Crippen LogP contribution is 2.35. The average molecular weight is 525 g/mol. The van der Waals surface area contributed by atoms with Crippen molar-refractivity contribution < 1.29 is 32.6 Å². The first kappa shape index (κ1) is 26.2. The van der Waals surface area contributed by atoms with Crippen molar-refractivity contribution in [3.63, 3.8) is 0 Å². The summed E-state index contributed by atoms with van der Waals surface area (Å²) in [5.74, 6) is -2.93. The highest BCUT2D eigenvalue weighted by Gasteiger charge is 2.46. The third kappa shape index (κ3) is 4.90. The van der Waals surface area contributed by atoms with Crippen LogP contribution < -0.4 is 10.0 Å². The van der Waals surface area contributed by atoms with Crippen molar-refractivity contribution >= 4 is 38.4 Å². The number of phenolic OH excluding ortho intramolecular Hbond substituents is 1. The van der Waals surface area contributed by atoms with Gasteiger partial charge in [0.25, 0.3) is 5.91 Å². The minimum absolute atomic E-state index is 0.0731. The molecule has 2 aromatic carbocycles. The molecule has 2 atom stereocenters. The third-order valence-electron chi connectivity index (χ3n) is 6.42. The van der Waals surface area contributed by atoms with Crippen LogP contribution in [0.15, 0.2) is 71.2 Å². The van der Waals surface area contributed by atoms with Gasteiger partial charge in [0, 0.05) is 12.0 Å². The molecule has 1 aliphatic carbocycles. The van der Waals surface area contributed by atoms with Crippen LogP contribution in [-0.2, 0) is 14.8 Å². The summed E-state index contributed by atoms with van der Waals surface area (Å²) in [6, 6.07) is 12.5. The number of carbonyl (C=O) groups excluding carboxylic acids is 1. The monoisotopic (exact) mass is 524 g/mol. The first-order valence-electron chi connectivity index (χ1n) is 11.7. The Bertz CT molecular complexity index is 1520. The average Bonchev–Trinajstić information content (AvgIpc) is 3.21. The number of hydrogen-bond acceptors (Lipinski definition) is 6. The number of sulfonamides is 1. The summed E-state index contributed by atoms with van der Waals surface area (Å²) in [6.45, 7) is 4.76. The van der Waals surface area contributed by atoms with E-state index in [1.807, 2.05) is 30.3 Å². The van der Waals surface area contributed by atoms with Crippen LogP contribution in [0.3, 0.4) is 0 Å². The van der Waals surface area contributed by atoms with Crippen molar-refractivity contribution in [1.82, 2.24) is 10.0 Å². The Morgan fingerprint density at radius 2 is 1.78 bits per heavy atom. The summed E-state index contributed by atoms with van der Waals surface area (Å²) in [4.78, 5) is 23.2. The maximum atomic E-state index is 13.7. The number of carbonyl (C=O) groups is 2. The molecule has 2 unspecified atom stereocenters. The number of aryl methyl sites for hydroxylation is 1.